The van der Waals surface area contributed by atoms with Crippen molar-refractivity contribution in [1.29, 1.82) is 0 Å². The Morgan fingerprint density at radius 1 is 1.08 bits per heavy atom. The molecule has 10 nitrogen and oxygen atoms in total. The van der Waals surface area contributed by atoms with Gasteiger partial charge in [0.1, 0.15) is 6.54 Å². The van der Waals surface area contributed by atoms with Gasteiger partial charge in [-0.2, -0.15) is 0 Å². The van der Waals surface area contributed by atoms with Crippen LogP contribution >= 0.6 is 0 Å². The summed E-state index contributed by atoms with van der Waals surface area (Å²) in [7, 11) is 0. The number of nitrogen functional groups attached to an aromatic ring is 1. The van der Waals surface area contributed by atoms with Crippen molar-refractivity contribution in [1.82, 2.24) is 20.5 Å². The van der Waals surface area contributed by atoms with Gasteiger partial charge in [0.05, 0.1) is 11.7 Å². The predicted molar refractivity (Wildman–Crippen MR) is 134 cm³/mol. The second kappa shape index (κ2) is 12.7. The maximum Gasteiger partial charge on any atom is 0.289 e. The third-order valence-corrected chi connectivity index (χ3v) is 6.08. The van der Waals surface area contributed by atoms with Gasteiger partial charge in [0.25, 0.3) is 11.5 Å². The van der Waals surface area contributed by atoms with Crippen LogP contribution in [0.5, 0.6) is 0 Å². The lowest BCUT2D eigenvalue weighted by Crippen LogP contribution is -2.49. The number of amides is 3. The quantitative estimate of drug-likeness (QED) is 0.377. The molecule has 192 valence electrons. The molecule has 1 saturated heterocycles. The number of nitrogens with one attached hydrogen (secondary N) is 3. The standard InChI is InChI=1S/C22H25N5O5.C4H8/c23-16-7-4-10-27(22(16)32)13-18(28)26-17(11-15-8-9-24-20(15)30)19(29)21(31)25-12-14-5-2-1-3-6-14;1-4-2-3-4/h1-7,10,15,17H,8-9,11-13,23H2,(H,24,30)(H,25,31)(H,26,28);4H,2-3H2,1H3. The van der Waals surface area contributed by atoms with Gasteiger partial charge in [-0.3, -0.25) is 24.0 Å². The Bertz CT molecular complexity index is 1140. The molecule has 4 rings (SSSR count). The Labute approximate surface area is 209 Å². The van der Waals surface area contributed by atoms with Crippen LogP contribution in [0.3, 0.4) is 0 Å². The number of anilines is 1. The molecule has 1 aliphatic carbocycles. The maximum atomic E-state index is 12.8. The predicted octanol–water partition coefficient (Wildman–Crippen LogP) is 0.743. The van der Waals surface area contributed by atoms with Crippen molar-refractivity contribution < 1.29 is 19.2 Å². The number of hydrogen-bond donors (Lipinski definition) is 4. The van der Waals surface area contributed by atoms with E-state index in [-0.39, 0.29) is 31.1 Å². The van der Waals surface area contributed by atoms with E-state index in [1.807, 2.05) is 18.2 Å². The molecule has 2 aliphatic rings. The first-order chi connectivity index (χ1) is 17.2. The van der Waals surface area contributed by atoms with E-state index < -0.39 is 35.1 Å². The Balaban J connectivity index is 0.000000819. The van der Waals surface area contributed by atoms with Gasteiger partial charge >= 0.3 is 0 Å². The fraction of sp³-hybridized carbons (Fsp3) is 0.423. The fourth-order valence-corrected chi connectivity index (χ4v) is 3.65. The van der Waals surface area contributed by atoms with Crippen LogP contribution in [0.25, 0.3) is 0 Å². The lowest BCUT2D eigenvalue weighted by atomic mass is 9.95. The van der Waals surface area contributed by atoms with Gasteiger partial charge in [0, 0.05) is 25.2 Å². The van der Waals surface area contributed by atoms with E-state index in [9.17, 15) is 24.0 Å². The van der Waals surface area contributed by atoms with Crippen LogP contribution in [0.1, 0.15) is 38.2 Å². The summed E-state index contributed by atoms with van der Waals surface area (Å²) in [4.78, 5) is 61.9. The van der Waals surface area contributed by atoms with Crippen LogP contribution in [0, 0.1) is 11.8 Å². The van der Waals surface area contributed by atoms with Gasteiger partial charge in [-0.05, 0) is 36.5 Å². The highest BCUT2D eigenvalue weighted by molar-refractivity contribution is 6.38. The highest BCUT2D eigenvalue weighted by Gasteiger charge is 2.34. The number of ketones is 1. The number of carbonyl (C=O) groups excluding carboxylic acids is 4. The van der Waals surface area contributed by atoms with Crippen LogP contribution in [0.15, 0.2) is 53.5 Å². The summed E-state index contributed by atoms with van der Waals surface area (Å²) >= 11 is 0. The first-order valence-corrected chi connectivity index (χ1v) is 12.1. The average molecular weight is 496 g/mol. The minimum Gasteiger partial charge on any atom is -0.394 e. The minimum atomic E-state index is -1.20. The smallest absolute Gasteiger partial charge is 0.289 e. The monoisotopic (exact) mass is 495 g/mol. The van der Waals surface area contributed by atoms with Gasteiger partial charge in [0.2, 0.25) is 17.6 Å². The Kier molecular flexibility index (Phi) is 9.38. The second-order valence-corrected chi connectivity index (χ2v) is 9.24. The van der Waals surface area contributed by atoms with E-state index in [0.717, 1.165) is 16.0 Å². The Morgan fingerprint density at radius 2 is 1.78 bits per heavy atom. The zero-order valence-corrected chi connectivity index (χ0v) is 20.4. The first-order valence-electron chi connectivity index (χ1n) is 12.1. The molecule has 0 bridgehead atoms. The number of hydrogen-bond acceptors (Lipinski definition) is 6. The second-order valence-electron chi connectivity index (χ2n) is 9.24. The topological polar surface area (TPSA) is 152 Å². The van der Waals surface area contributed by atoms with E-state index in [4.69, 9.17) is 5.73 Å². The van der Waals surface area contributed by atoms with Crippen molar-refractivity contribution in [3.8, 4) is 0 Å². The highest BCUT2D eigenvalue weighted by atomic mass is 16.2. The third-order valence-electron chi connectivity index (χ3n) is 6.08. The summed E-state index contributed by atoms with van der Waals surface area (Å²) in [6, 6.07) is 10.8. The van der Waals surface area contributed by atoms with Crippen molar-refractivity contribution >= 4 is 29.2 Å². The zero-order valence-electron chi connectivity index (χ0n) is 20.4. The molecule has 2 atom stereocenters. The number of nitrogens with two attached hydrogens (primary N) is 1. The molecule has 5 N–H and O–H groups in total. The van der Waals surface area contributed by atoms with E-state index in [2.05, 4.69) is 22.9 Å². The summed E-state index contributed by atoms with van der Waals surface area (Å²) in [5, 5.41) is 7.73. The zero-order chi connectivity index (χ0) is 26.1. The molecule has 1 aromatic heterocycles. The molecule has 0 radical (unpaired) electrons. The highest BCUT2D eigenvalue weighted by Crippen LogP contribution is 2.26. The van der Waals surface area contributed by atoms with Gasteiger partial charge in [-0.1, -0.05) is 50.1 Å². The normalized spacial score (nSPS) is 17.2. The molecule has 0 spiro atoms. The van der Waals surface area contributed by atoms with Gasteiger partial charge in [-0.15, -0.1) is 0 Å². The lowest BCUT2D eigenvalue weighted by Gasteiger charge is -2.20. The molecular weight excluding hydrogens is 462 g/mol. The largest absolute Gasteiger partial charge is 0.394 e. The Hall–Kier alpha value is -3.95. The number of nitrogens with zero attached hydrogens (tertiary/aromatic N) is 1. The van der Waals surface area contributed by atoms with Crippen molar-refractivity contribution in [2.24, 2.45) is 11.8 Å². The summed E-state index contributed by atoms with van der Waals surface area (Å²) in [6.45, 7) is 2.52. The molecule has 1 aromatic carbocycles. The van der Waals surface area contributed by atoms with Gasteiger partial charge in [-0.25, -0.2) is 0 Å². The van der Waals surface area contributed by atoms with Crippen molar-refractivity contribution in [2.45, 2.75) is 51.7 Å². The number of benzene rings is 1. The fourth-order valence-electron chi connectivity index (χ4n) is 3.65. The Morgan fingerprint density at radius 3 is 2.39 bits per heavy atom. The molecule has 2 aromatic rings. The summed E-state index contributed by atoms with van der Waals surface area (Å²) in [6.07, 6.45) is 4.85. The van der Waals surface area contributed by atoms with Gasteiger partial charge in [0.15, 0.2) is 0 Å². The molecular formula is C26H33N5O5. The SMILES string of the molecule is CC1CC1.Nc1cccn(CC(=O)NC(CC2CCNC2=O)C(=O)C(=O)NCc2ccccc2)c1=O. The van der Waals surface area contributed by atoms with Crippen molar-refractivity contribution in [3.05, 3.63) is 64.6 Å². The number of pyridine rings is 1. The van der Waals surface area contributed by atoms with Crippen molar-refractivity contribution in [3.63, 3.8) is 0 Å². The molecule has 2 fully saturated rings. The number of carbonyl (C=O) groups is 4. The average Bonchev–Trinajstić information content (AvgIpc) is 3.55. The number of aromatic nitrogens is 1. The van der Waals surface area contributed by atoms with Crippen LogP contribution in [0.4, 0.5) is 5.69 Å². The number of Topliss-reactive ketones (excluding diaryl/α,β-unsaturated/α-hetero) is 1. The van der Waals surface area contributed by atoms with Crippen LogP contribution in [-0.2, 0) is 32.3 Å². The first kappa shape index (κ1) is 26.7. The molecule has 1 aliphatic heterocycles. The van der Waals surface area contributed by atoms with E-state index in [1.165, 1.54) is 31.2 Å². The van der Waals surface area contributed by atoms with E-state index in [1.54, 1.807) is 12.1 Å². The summed E-state index contributed by atoms with van der Waals surface area (Å²) < 4.78 is 1.10. The van der Waals surface area contributed by atoms with Crippen molar-refractivity contribution in [2.75, 3.05) is 12.3 Å². The van der Waals surface area contributed by atoms with E-state index >= 15 is 0 Å². The minimum absolute atomic E-state index is 0.0129. The maximum absolute atomic E-state index is 12.8. The van der Waals surface area contributed by atoms with Crippen LogP contribution < -0.4 is 27.2 Å². The summed E-state index contributed by atoms with van der Waals surface area (Å²) in [5.74, 6) is -2.01. The molecule has 3 amide bonds. The summed E-state index contributed by atoms with van der Waals surface area (Å²) in [5.41, 5.74) is 5.83. The van der Waals surface area contributed by atoms with E-state index in [0.29, 0.717) is 13.0 Å². The van der Waals surface area contributed by atoms with Crippen LogP contribution in [-0.4, -0.2) is 40.7 Å². The molecule has 2 unspecified atom stereocenters. The molecule has 2 heterocycles. The molecule has 10 heteroatoms. The third kappa shape index (κ3) is 8.07. The molecule has 36 heavy (non-hydrogen) atoms. The molecule has 1 saturated carbocycles. The van der Waals surface area contributed by atoms with Gasteiger partial charge < -0.3 is 26.3 Å². The van der Waals surface area contributed by atoms with Crippen LogP contribution in [0.2, 0.25) is 0 Å². The number of rotatable bonds is 9. The lowest BCUT2D eigenvalue weighted by molar-refractivity contribution is -0.140.